The maximum Gasteiger partial charge on any atom is 0.254 e. The first-order chi connectivity index (χ1) is 11.1. The number of hydrazine groups is 1. The second-order valence-electron chi connectivity index (χ2n) is 6.26. The summed E-state index contributed by atoms with van der Waals surface area (Å²) in [6.07, 6.45) is 3.85. The van der Waals surface area contributed by atoms with Gasteiger partial charge in [0, 0.05) is 19.3 Å². The fourth-order valence-electron chi connectivity index (χ4n) is 3.33. The second kappa shape index (κ2) is 5.79. The predicted molar refractivity (Wildman–Crippen MR) is 89.5 cm³/mol. The van der Waals surface area contributed by atoms with Crippen LogP contribution in [0.4, 0.5) is 5.69 Å². The molecule has 3 aliphatic rings. The third kappa shape index (κ3) is 2.72. The Labute approximate surface area is 140 Å². The van der Waals surface area contributed by atoms with Crippen LogP contribution in [0, 0.1) is 6.92 Å². The first-order valence-electron chi connectivity index (χ1n) is 7.96. The Morgan fingerprint density at radius 2 is 2.04 bits per heavy atom. The molecule has 0 spiro atoms. The molecule has 3 N–H and O–H groups in total. The van der Waals surface area contributed by atoms with Crippen LogP contribution in [0.2, 0.25) is 5.02 Å². The summed E-state index contributed by atoms with van der Waals surface area (Å²) < 4.78 is 0. The molecule has 3 heterocycles. The minimum atomic E-state index is -0.202. The van der Waals surface area contributed by atoms with E-state index in [2.05, 4.69) is 21.0 Å². The number of hydrogen-bond acceptors (Lipinski definition) is 5. The maximum absolute atomic E-state index is 12.4. The number of likely N-dealkylation sites (tertiary alicyclic amines) is 1. The van der Waals surface area contributed by atoms with Gasteiger partial charge in [0.05, 0.1) is 16.3 Å². The smallest absolute Gasteiger partial charge is 0.254 e. The van der Waals surface area contributed by atoms with Gasteiger partial charge in [-0.2, -0.15) is 0 Å². The number of rotatable bonds is 2. The molecule has 122 valence electrons. The normalized spacial score (nSPS) is 27.8. The monoisotopic (exact) mass is 333 g/mol. The fraction of sp³-hybridized carbons (Fsp3) is 0.438. The molecule has 1 amide bonds. The predicted octanol–water partition coefficient (Wildman–Crippen LogP) is 1.28. The summed E-state index contributed by atoms with van der Waals surface area (Å²) in [4.78, 5) is 14.7. The number of nitrogens with one attached hydrogen (secondary N) is 3. The molecule has 0 aliphatic carbocycles. The molecule has 23 heavy (non-hydrogen) atoms. The van der Waals surface area contributed by atoms with E-state index in [-0.39, 0.29) is 18.4 Å². The van der Waals surface area contributed by atoms with Crippen molar-refractivity contribution in [3.05, 3.63) is 40.6 Å². The van der Waals surface area contributed by atoms with Crippen molar-refractivity contribution in [2.24, 2.45) is 0 Å². The van der Waals surface area contributed by atoms with Crippen LogP contribution in [0.25, 0.3) is 0 Å². The Bertz CT molecular complexity index is 670. The van der Waals surface area contributed by atoms with Crippen LogP contribution in [0.1, 0.15) is 18.4 Å². The maximum atomic E-state index is 12.4. The molecule has 2 saturated heterocycles. The highest BCUT2D eigenvalue weighted by atomic mass is 35.5. The van der Waals surface area contributed by atoms with Crippen molar-refractivity contribution in [2.45, 2.75) is 32.2 Å². The average Bonchev–Trinajstić information content (AvgIpc) is 3.16. The highest BCUT2D eigenvalue weighted by molar-refractivity contribution is 6.33. The largest absolute Gasteiger partial charge is 0.324 e. The van der Waals surface area contributed by atoms with Gasteiger partial charge >= 0.3 is 0 Å². The first-order valence-corrected chi connectivity index (χ1v) is 8.34. The molecule has 0 aromatic heterocycles. The van der Waals surface area contributed by atoms with E-state index in [1.807, 2.05) is 36.3 Å². The zero-order valence-electron chi connectivity index (χ0n) is 13.0. The Hall–Kier alpha value is -1.60. The van der Waals surface area contributed by atoms with Crippen molar-refractivity contribution in [3.8, 4) is 0 Å². The van der Waals surface area contributed by atoms with E-state index in [9.17, 15) is 4.79 Å². The van der Waals surface area contributed by atoms with Gasteiger partial charge in [0.25, 0.3) is 5.91 Å². The SMILES string of the molecule is Cc1ccc(N2C=C3C(=O)NC(N4CCCC4)NC3N2)c(Cl)c1. The lowest BCUT2D eigenvalue weighted by Crippen LogP contribution is -2.66. The number of fused-ring (bicyclic) bond motifs is 1. The molecule has 0 radical (unpaired) electrons. The molecular weight excluding hydrogens is 314 g/mol. The van der Waals surface area contributed by atoms with Gasteiger partial charge in [-0.15, -0.1) is 0 Å². The minimum absolute atomic E-state index is 0.0381. The van der Waals surface area contributed by atoms with E-state index in [0.29, 0.717) is 10.6 Å². The van der Waals surface area contributed by atoms with Crippen LogP contribution in [0.5, 0.6) is 0 Å². The van der Waals surface area contributed by atoms with Gasteiger partial charge in [-0.25, -0.2) is 5.43 Å². The van der Waals surface area contributed by atoms with E-state index >= 15 is 0 Å². The minimum Gasteiger partial charge on any atom is -0.324 e. The van der Waals surface area contributed by atoms with Crippen LogP contribution in [0.15, 0.2) is 30.0 Å². The van der Waals surface area contributed by atoms with Gasteiger partial charge in [-0.3, -0.25) is 20.0 Å². The number of aryl methyl sites for hydroxylation is 1. The highest BCUT2D eigenvalue weighted by Gasteiger charge is 2.39. The third-order valence-corrected chi connectivity index (χ3v) is 4.87. The van der Waals surface area contributed by atoms with Crippen LogP contribution >= 0.6 is 11.6 Å². The van der Waals surface area contributed by atoms with Crippen molar-refractivity contribution >= 4 is 23.2 Å². The number of carbonyl (C=O) groups excluding carboxylic acids is 1. The second-order valence-corrected chi connectivity index (χ2v) is 6.66. The van der Waals surface area contributed by atoms with Crippen molar-refractivity contribution in [1.29, 1.82) is 0 Å². The molecule has 6 nitrogen and oxygen atoms in total. The van der Waals surface area contributed by atoms with E-state index in [1.54, 1.807) is 0 Å². The van der Waals surface area contributed by atoms with Crippen LogP contribution in [-0.4, -0.2) is 36.4 Å². The Morgan fingerprint density at radius 1 is 1.26 bits per heavy atom. The lowest BCUT2D eigenvalue weighted by molar-refractivity contribution is -0.121. The van der Waals surface area contributed by atoms with Gasteiger partial charge < -0.3 is 5.32 Å². The third-order valence-electron chi connectivity index (χ3n) is 4.57. The molecule has 3 aliphatic heterocycles. The van der Waals surface area contributed by atoms with Crippen LogP contribution in [-0.2, 0) is 4.79 Å². The number of halogens is 1. The number of carbonyl (C=O) groups is 1. The van der Waals surface area contributed by atoms with Gasteiger partial charge in [-0.1, -0.05) is 17.7 Å². The summed E-state index contributed by atoms with van der Waals surface area (Å²) in [7, 11) is 0. The standard InChI is InChI=1S/C16H20ClN5O/c1-10-4-5-13(12(17)8-10)22-9-11-14(20-22)18-16(19-15(11)23)21-6-2-3-7-21/h4-5,8-9,14,16,18,20H,2-3,6-7H2,1H3,(H,19,23). The quantitative estimate of drug-likeness (QED) is 0.761. The summed E-state index contributed by atoms with van der Waals surface area (Å²) in [5, 5.41) is 8.96. The molecule has 0 bridgehead atoms. The summed E-state index contributed by atoms with van der Waals surface area (Å²) in [6.45, 7) is 4.02. The number of benzene rings is 1. The highest BCUT2D eigenvalue weighted by Crippen LogP contribution is 2.29. The molecule has 4 rings (SSSR count). The first kappa shape index (κ1) is 15.0. The molecule has 1 aromatic rings. The lowest BCUT2D eigenvalue weighted by atomic mass is 10.2. The van der Waals surface area contributed by atoms with Crippen LogP contribution in [0.3, 0.4) is 0 Å². The Kier molecular flexibility index (Phi) is 3.77. The molecule has 2 fully saturated rings. The van der Waals surface area contributed by atoms with Crippen LogP contribution < -0.4 is 21.1 Å². The average molecular weight is 334 g/mol. The van der Waals surface area contributed by atoms with Gasteiger partial charge in [0.15, 0.2) is 0 Å². The molecular formula is C16H20ClN5O. The molecule has 2 atom stereocenters. The number of amides is 1. The summed E-state index contributed by atoms with van der Waals surface area (Å²) >= 11 is 6.34. The van der Waals surface area contributed by atoms with Crippen molar-refractivity contribution in [1.82, 2.24) is 21.0 Å². The van der Waals surface area contributed by atoms with E-state index in [1.165, 1.54) is 12.8 Å². The number of anilines is 1. The van der Waals surface area contributed by atoms with E-state index in [0.717, 1.165) is 24.3 Å². The van der Waals surface area contributed by atoms with Crippen molar-refractivity contribution < 1.29 is 4.79 Å². The molecule has 2 unspecified atom stereocenters. The number of hydrogen-bond donors (Lipinski definition) is 3. The van der Waals surface area contributed by atoms with Crippen molar-refractivity contribution in [3.63, 3.8) is 0 Å². The van der Waals surface area contributed by atoms with Gasteiger partial charge in [0.2, 0.25) is 0 Å². The van der Waals surface area contributed by atoms with E-state index < -0.39 is 0 Å². The zero-order chi connectivity index (χ0) is 16.0. The lowest BCUT2D eigenvalue weighted by Gasteiger charge is -2.36. The molecule has 0 saturated carbocycles. The summed E-state index contributed by atoms with van der Waals surface area (Å²) in [5.41, 5.74) is 5.93. The Morgan fingerprint density at radius 3 is 2.78 bits per heavy atom. The number of nitrogens with zero attached hydrogens (tertiary/aromatic N) is 2. The Balaban J connectivity index is 1.54. The summed E-state index contributed by atoms with van der Waals surface area (Å²) in [6, 6.07) is 5.87. The molecule has 7 heteroatoms. The topological polar surface area (TPSA) is 59.6 Å². The summed E-state index contributed by atoms with van der Waals surface area (Å²) in [5.74, 6) is -0.0381. The zero-order valence-corrected chi connectivity index (χ0v) is 13.7. The van der Waals surface area contributed by atoms with E-state index in [4.69, 9.17) is 11.6 Å². The van der Waals surface area contributed by atoms with Crippen molar-refractivity contribution in [2.75, 3.05) is 18.1 Å². The molecule has 1 aromatic carbocycles. The van der Waals surface area contributed by atoms with Gasteiger partial charge in [-0.05, 0) is 37.5 Å². The van der Waals surface area contributed by atoms with Gasteiger partial charge in [0.1, 0.15) is 12.5 Å². The fourth-order valence-corrected chi connectivity index (χ4v) is 3.65.